The highest BCUT2D eigenvalue weighted by Gasteiger charge is 2.24. The highest BCUT2D eigenvalue weighted by molar-refractivity contribution is 5.78. The second-order valence-corrected chi connectivity index (χ2v) is 3.40. The molecule has 0 aromatic rings. The average Bonchev–Trinajstić information content (AvgIpc) is 2.66. The third kappa shape index (κ3) is 3.30. The Morgan fingerprint density at radius 2 is 2.47 bits per heavy atom. The molecule has 0 saturated carbocycles. The molecule has 1 fully saturated rings. The van der Waals surface area contributed by atoms with Crippen LogP contribution in [0.25, 0.3) is 0 Å². The van der Waals surface area contributed by atoms with Gasteiger partial charge in [-0.15, -0.1) is 0 Å². The first kappa shape index (κ1) is 11.6. The van der Waals surface area contributed by atoms with Crippen LogP contribution in [0, 0.1) is 0 Å². The van der Waals surface area contributed by atoms with Crippen LogP contribution in [0.15, 0.2) is 4.99 Å². The molecule has 6 nitrogen and oxygen atoms in total. The number of ether oxygens (including phenoxy) is 1. The van der Waals surface area contributed by atoms with Gasteiger partial charge in [-0.05, 0) is 13.3 Å². The molecular formula is C9H18N4O2. The maximum Gasteiger partial charge on any atom is 0.407 e. The lowest BCUT2D eigenvalue weighted by atomic mass is 10.3. The number of nitrogens with one attached hydrogen (secondary N) is 1. The fourth-order valence-electron chi connectivity index (χ4n) is 1.57. The van der Waals surface area contributed by atoms with Crippen molar-refractivity contribution in [2.45, 2.75) is 19.4 Å². The van der Waals surface area contributed by atoms with Crippen LogP contribution in [0.2, 0.25) is 0 Å². The van der Waals surface area contributed by atoms with Crippen molar-refractivity contribution in [1.29, 1.82) is 0 Å². The Hall–Kier alpha value is -1.46. The van der Waals surface area contributed by atoms with Crippen molar-refractivity contribution in [3.63, 3.8) is 0 Å². The molecule has 0 aromatic heterocycles. The number of hydrogen-bond donors (Lipinski definition) is 2. The van der Waals surface area contributed by atoms with Crippen molar-refractivity contribution < 1.29 is 9.53 Å². The van der Waals surface area contributed by atoms with Crippen LogP contribution < -0.4 is 11.1 Å². The SMILES string of the molecule is CCN=C(N)N1CCC(NC(=O)OC)C1. The molecule has 0 bridgehead atoms. The Balaban J connectivity index is 2.39. The van der Waals surface area contributed by atoms with E-state index >= 15 is 0 Å². The minimum Gasteiger partial charge on any atom is -0.453 e. The van der Waals surface area contributed by atoms with Gasteiger partial charge >= 0.3 is 6.09 Å². The molecule has 0 spiro atoms. The van der Waals surface area contributed by atoms with E-state index in [1.54, 1.807) is 0 Å². The lowest BCUT2D eigenvalue weighted by Gasteiger charge is -2.17. The summed E-state index contributed by atoms with van der Waals surface area (Å²) in [6, 6.07) is 0.100. The van der Waals surface area contributed by atoms with Gasteiger partial charge in [0.1, 0.15) is 0 Å². The molecular weight excluding hydrogens is 196 g/mol. The third-order valence-corrected chi connectivity index (χ3v) is 2.34. The number of nitrogens with two attached hydrogens (primary N) is 1. The van der Waals surface area contributed by atoms with E-state index < -0.39 is 6.09 Å². The number of alkyl carbamates (subject to hydrolysis) is 1. The second-order valence-electron chi connectivity index (χ2n) is 3.40. The first-order chi connectivity index (χ1) is 7.17. The van der Waals surface area contributed by atoms with Crippen molar-refractivity contribution in [2.75, 3.05) is 26.7 Å². The molecule has 1 saturated heterocycles. The van der Waals surface area contributed by atoms with E-state index in [4.69, 9.17) is 5.73 Å². The fourth-order valence-corrected chi connectivity index (χ4v) is 1.57. The van der Waals surface area contributed by atoms with Crippen LogP contribution in [-0.2, 0) is 4.74 Å². The summed E-state index contributed by atoms with van der Waals surface area (Å²) in [6.45, 7) is 4.14. The maximum absolute atomic E-state index is 11.0. The summed E-state index contributed by atoms with van der Waals surface area (Å²) in [7, 11) is 1.36. The van der Waals surface area contributed by atoms with Gasteiger partial charge in [0.15, 0.2) is 5.96 Å². The van der Waals surface area contributed by atoms with Gasteiger partial charge < -0.3 is 20.7 Å². The van der Waals surface area contributed by atoms with Crippen LogP contribution >= 0.6 is 0 Å². The summed E-state index contributed by atoms with van der Waals surface area (Å²) in [5, 5.41) is 2.74. The van der Waals surface area contributed by atoms with Gasteiger partial charge in [0.2, 0.25) is 0 Å². The van der Waals surface area contributed by atoms with Gasteiger partial charge in [-0.3, -0.25) is 4.99 Å². The predicted octanol–water partition coefficient (Wildman–Crippen LogP) is -0.249. The van der Waals surface area contributed by atoms with Gasteiger partial charge in [0.25, 0.3) is 0 Å². The Labute approximate surface area is 89.5 Å². The number of carbonyl (C=O) groups excluding carboxylic acids is 1. The van der Waals surface area contributed by atoms with Crippen molar-refractivity contribution in [3.8, 4) is 0 Å². The Morgan fingerprint density at radius 3 is 3.07 bits per heavy atom. The third-order valence-electron chi connectivity index (χ3n) is 2.34. The quantitative estimate of drug-likeness (QED) is 0.491. The Bertz CT molecular complexity index is 254. The molecule has 1 unspecified atom stereocenters. The van der Waals surface area contributed by atoms with Crippen LogP contribution in [0.1, 0.15) is 13.3 Å². The molecule has 1 amide bonds. The largest absolute Gasteiger partial charge is 0.453 e. The molecule has 0 aliphatic carbocycles. The Kier molecular flexibility index (Phi) is 4.20. The van der Waals surface area contributed by atoms with Gasteiger partial charge in [-0.25, -0.2) is 4.79 Å². The lowest BCUT2D eigenvalue weighted by Crippen LogP contribution is -2.40. The zero-order valence-electron chi connectivity index (χ0n) is 9.19. The van der Waals surface area contributed by atoms with Crippen LogP contribution in [0.5, 0.6) is 0 Å². The highest BCUT2D eigenvalue weighted by atomic mass is 16.5. The van der Waals surface area contributed by atoms with Gasteiger partial charge in [-0.1, -0.05) is 0 Å². The highest BCUT2D eigenvalue weighted by Crippen LogP contribution is 2.08. The predicted molar refractivity (Wildman–Crippen MR) is 57.7 cm³/mol. The van der Waals surface area contributed by atoms with E-state index in [9.17, 15) is 4.79 Å². The smallest absolute Gasteiger partial charge is 0.407 e. The standard InChI is InChI=1S/C9H18N4O2/c1-3-11-8(10)13-5-4-7(6-13)12-9(14)15-2/h7H,3-6H2,1-2H3,(H2,10,11)(H,12,14). The summed E-state index contributed by atoms with van der Waals surface area (Å²) >= 11 is 0. The van der Waals surface area contributed by atoms with Crippen LogP contribution in [0.3, 0.4) is 0 Å². The number of likely N-dealkylation sites (tertiary alicyclic amines) is 1. The number of methoxy groups -OCH3 is 1. The van der Waals surface area contributed by atoms with E-state index in [0.29, 0.717) is 19.0 Å². The van der Waals surface area contributed by atoms with E-state index in [-0.39, 0.29) is 6.04 Å². The molecule has 1 heterocycles. The van der Waals surface area contributed by atoms with Gasteiger partial charge in [0, 0.05) is 19.6 Å². The summed E-state index contributed by atoms with van der Waals surface area (Å²) in [5.74, 6) is 0.548. The molecule has 1 aliphatic heterocycles. The molecule has 1 atom stereocenters. The van der Waals surface area contributed by atoms with Crippen molar-refractivity contribution in [2.24, 2.45) is 10.7 Å². The minimum atomic E-state index is -0.396. The number of rotatable bonds is 2. The normalized spacial score (nSPS) is 21.6. The second kappa shape index (κ2) is 5.43. The molecule has 0 radical (unpaired) electrons. The monoisotopic (exact) mass is 214 g/mol. The molecule has 86 valence electrons. The fraction of sp³-hybridized carbons (Fsp3) is 0.778. The topological polar surface area (TPSA) is 80.0 Å². The average molecular weight is 214 g/mol. The van der Waals surface area contributed by atoms with E-state index in [0.717, 1.165) is 13.0 Å². The number of nitrogens with zero attached hydrogens (tertiary/aromatic N) is 2. The lowest BCUT2D eigenvalue weighted by molar-refractivity contribution is 0.167. The van der Waals surface area contributed by atoms with Gasteiger partial charge in [0.05, 0.1) is 13.2 Å². The minimum absolute atomic E-state index is 0.100. The summed E-state index contributed by atoms with van der Waals surface area (Å²) in [5.41, 5.74) is 5.75. The van der Waals surface area contributed by atoms with Crippen molar-refractivity contribution in [1.82, 2.24) is 10.2 Å². The maximum atomic E-state index is 11.0. The summed E-state index contributed by atoms with van der Waals surface area (Å²) < 4.78 is 4.53. The molecule has 1 aliphatic rings. The van der Waals surface area contributed by atoms with E-state index in [1.807, 2.05) is 11.8 Å². The zero-order valence-corrected chi connectivity index (χ0v) is 9.19. The van der Waals surface area contributed by atoms with Crippen molar-refractivity contribution >= 4 is 12.1 Å². The molecule has 6 heteroatoms. The van der Waals surface area contributed by atoms with Crippen LogP contribution in [0.4, 0.5) is 4.79 Å². The van der Waals surface area contributed by atoms with E-state index in [1.165, 1.54) is 7.11 Å². The number of hydrogen-bond acceptors (Lipinski definition) is 3. The van der Waals surface area contributed by atoms with Crippen molar-refractivity contribution in [3.05, 3.63) is 0 Å². The van der Waals surface area contributed by atoms with Crippen LogP contribution in [-0.4, -0.2) is 49.7 Å². The Morgan fingerprint density at radius 1 is 1.73 bits per heavy atom. The number of aliphatic imine (C=N–C) groups is 1. The molecule has 3 N–H and O–H groups in total. The first-order valence-electron chi connectivity index (χ1n) is 5.06. The number of guanidine groups is 1. The molecule has 0 aromatic carbocycles. The number of carbonyl (C=O) groups is 1. The summed E-state index contributed by atoms with van der Waals surface area (Å²) in [4.78, 5) is 17.0. The van der Waals surface area contributed by atoms with E-state index in [2.05, 4.69) is 15.0 Å². The first-order valence-corrected chi connectivity index (χ1v) is 5.06. The molecule has 1 rings (SSSR count). The number of amides is 1. The van der Waals surface area contributed by atoms with Gasteiger partial charge in [-0.2, -0.15) is 0 Å². The molecule has 15 heavy (non-hydrogen) atoms. The zero-order chi connectivity index (χ0) is 11.3. The summed E-state index contributed by atoms with van der Waals surface area (Å²) in [6.07, 6.45) is 0.475.